The van der Waals surface area contributed by atoms with Crippen molar-refractivity contribution in [2.24, 2.45) is 22.4 Å². The van der Waals surface area contributed by atoms with Gasteiger partial charge in [0.05, 0.1) is 31.3 Å². The molecule has 2 aromatic carbocycles. The summed E-state index contributed by atoms with van der Waals surface area (Å²) in [6, 6.07) is 4.44. The SMILES string of the molecule is CC(C)C[C@@H](B=O)NC(=O)[C@H](Cc1ccccc1)NC(=O)c1cnc(CSSC[C@H](NC(=O)[C@H](CC(=O)O)NC(=O)[C@H](CCCN=C(N)N)NC(=O)[C@H](CC(=O)O)NC(=O)CC[C@H](NC(=O)c2ccc(NCc3cnc4nc(N)[nH]c(=O)c4n3)cc2)C(=O)O)C(=O)O)cn1. The number of nitrogens with zero attached hydrogens (tertiary/aromatic N) is 6. The summed E-state index contributed by atoms with van der Waals surface area (Å²) in [7, 11) is 2.63. The number of anilines is 2. The summed E-state index contributed by atoms with van der Waals surface area (Å²) >= 11 is 0. The summed E-state index contributed by atoms with van der Waals surface area (Å²) in [4.78, 5) is 182. The Bertz CT molecular complexity index is 3630. The summed E-state index contributed by atoms with van der Waals surface area (Å²) in [5.41, 5.74) is 17.6. The fraction of sp³-hybridized carbons (Fsp3) is 0.393. The van der Waals surface area contributed by atoms with Gasteiger partial charge in [-0.2, -0.15) is 4.98 Å². The molecule has 19 N–H and O–H groups in total. The summed E-state index contributed by atoms with van der Waals surface area (Å²) < 4.78 is 11.7. The van der Waals surface area contributed by atoms with E-state index in [1.54, 1.807) is 30.3 Å². The topological polar surface area (TPSA) is 570 Å². The molecule has 3 aromatic heterocycles. The zero-order chi connectivity index (χ0) is 69.0. The number of aromatic nitrogens is 6. The maximum absolute atomic E-state index is 13.9. The minimum absolute atomic E-state index is 0.00483. The number of carboxylic acid groups (broad SMARTS) is 4. The molecule has 0 aliphatic rings. The molecule has 0 unspecified atom stereocenters. The Labute approximate surface area is 542 Å². The number of aliphatic carboxylic acids is 4. The number of aromatic amines is 1. The number of carboxylic acids is 4. The van der Waals surface area contributed by atoms with Crippen LogP contribution in [0.4, 0.5) is 11.6 Å². The average molecular weight is 1340 g/mol. The first-order valence-electron chi connectivity index (χ1n) is 28.6. The number of hydrogen-bond acceptors (Lipinski definition) is 23. The second-order valence-electron chi connectivity index (χ2n) is 21.1. The number of nitrogen functional groups attached to an aromatic ring is 1. The van der Waals surface area contributed by atoms with E-state index in [1.807, 2.05) is 13.8 Å². The quantitative estimate of drug-likeness (QED) is 0.00675. The van der Waals surface area contributed by atoms with Gasteiger partial charge in [-0.15, -0.1) is 0 Å². The summed E-state index contributed by atoms with van der Waals surface area (Å²) in [5.74, 6) is -14.9. The van der Waals surface area contributed by atoms with Gasteiger partial charge in [-0.1, -0.05) is 10.8 Å². The van der Waals surface area contributed by atoms with Crippen LogP contribution in [0.3, 0.4) is 0 Å². The van der Waals surface area contributed by atoms with Crippen LogP contribution in [0.5, 0.6) is 0 Å². The number of H-pyrrole nitrogens is 1. The fourth-order valence-corrected chi connectivity index (χ4v) is 10.7. The van der Waals surface area contributed by atoms with Crippen molar-refractivity contribution in [2.75, 3.05) is 23.3 Å². The van der Waals surface area contributed by atoms with Crippen molar-refractivity contribution in [1.82, 2.24) is 67.1 Å². The van der Waals surface area contributed by atoms with E-state index in [4.69, 9.17) is 17.2 Å². The van der Waals surface area contributed by atoms with Gasteiger partial charge >= 0.3 is 199 Å². The summed E-state index contributed by atoms with van der Waals surface area (Å²) in [6.45, 7) is 3.72. The Hall–Kier alpha value is -10.7. The number of amides is 7. The van der Waals surface area contributed by atoms with Crippen LogP contribution in [-0.2, 0) is 66.6 Å². The molecule has 500 valence electrons. The monoisotopic (exact) mass is 1340 g/mol. The van der Waals surface area contributed by atoms with Gasteiger partial charge in [0.25, 0.3) is 11.5 Å². The number of carbonyl (C=O) groups is 11. The van der Waals surface area contributed by atoms with Gasteiger partial charge in [0.1, 0.15) is 30.2 Å². The van der Waals surface area contributed by atoms with Crippen LogP contribution in [0.25, 0.3) is 11.2 Å². The van der Waals surface area contributed by atoms with E-state index in [1.165, 1.54) is 36.7 Å². The first kappa shape index (κ1) is 74.1. The van der Waals surface area contributed by atoms with E-state index in [0.717, 1.165) is 33.3 Å². The second kappa shape index (κ2) is 37.0. The Morgan fingerprint density at radius 3 is 1.86 bits per heavy atom. The van der Waals surface area contributed by atoms with Crippen LogP contribution in [-0.4, -0.2) is 183 Å². The van der Waals surface area contributed by atoms with Crippen molar-refractivity contribution in [1.29, 1.82) is 0 Å². The Morgan fingerprint density at radius 2 is 1.26 bits per heavy atom. The molecule has 5 aromatic rings. The van der Waals surface area contributed by atoms with E-state index < -0.39 is 139 Å². The second-order valence-corrected chi connectivity index (χ2v) is 23.6. The van der Waals surface area contributed by atoms with Crippen molar-refractivity contribution >= 4 is 123 Å². The van der Waals surface area contributed by atoms with Crippen molar-refractivity contribution in [3.8, 4) is 0 Å². The Morgan fingerprint density at radius 1 is 0.649 bits per heavy atom. The standard InChI is InChI=1S/C56H69BN18O17S2/c1-27(2)17-40(57-92)73-50(85)35(18-28-7-4-3-5-8-28)70-51(86)38-24-63-32(23-64-38)25-93-94-26-39(54(90)91)72-49(84)37(20-43(79)80)71-47(82)33(9-6-16-61-55(58)59)68-48(83)36(19-42(77)78)67-41(76)15-14-34(53(88)89)69-46(81)29-10-12-30(13-11-29)62-21-31-22-65-45-44(66-31)52(87)75-56(60)74-45/h3-5,7-8,10-13,22-24,27,33-37,39-40,62H,6,9,14-21,25-26H2,1-2H3,(H,67,76)(H,68,83)(H,69,81)(H,70,86)(H,71,82)(H,72,84)(H,73,85)(H,77,78)(H,79,80)(H,88,89)(H,90,91)(H4,58,59,61)(H3,60,65,74,75,87)/t33-,34-,35-,36-,37-,39-,40-/m0/s1. The number of nitrogens with one attached hydrogen (secondary N) is 9. The van der Waals surface area contributed by atoms with Gasteiger partial charge in [-0.3, -0.25) is 48.3 Å². The summed E-state index contributed by atoms with van der Waals surface area (Å²) in [6.07, 6.45) is 0.377. The van der Waals surface area contributed by atoms with Crippen molar-refractivity contribution in [3.05, 3.63) is 112 Å². The molecule has 3 heterocycles. The zero-order valence-corrected chi connectivity index (χ0v) is 52.1. The van der Waals surface area contributed by atoms with Crippen LogP contribution in [0, 0.1) is 5.92 Å². The van der Waals surface area contributed by atoms with Crippen LogP contribution >= 0.6 is 21.6 Å². The molecule has 0 saturated carbocycles. The molecule has 38 heteroatoms. The van der Waals surface area contributed by atoms with Gasteiger partial charge in [-0.25, -0.2) is 19.6 Å². The molecule has 0 fully saturated rings. The molecule has 5 rings (SSSR count). The molecule has 35 nitrogen and oxygen atoms in total. The number of nitrogens with two attached hydrogens (primary N) is 3. The number of aliphatic imine (C=N–C) groups is 1. The van der Waals surface area contributed by atoms with Gasteiger partial charge < -0.3 is 69.5 Å². The molecule has 0 saturated heterocycles. The van der Waals surface area contributed by atoms with Crippen LogP contribution in [0.15, 0.2) is 83.0 Å². The molecule has 0 aliphatic carbocycles. The molecule has 0 aliphatic heterocycles. The van der Waals surface area contributed by atoms with E-state index in [-0.39, 0.29) is 84.1 Å². The van der Waals surface area contributed by atoms with Gasteiger partial charge in [-0.05, 0) is 43.5 Å². The molecule has 0 radical (unpaired) electrons. The predicted molar refractivity (Wildman–Crippen MR) is 339 cm³/mol. The predicted octanol–water partition coefficient (Wildman–Crippen LogP) is -1.85. The number of fused-ring (bicyclic) bond motifs is 1. The first-order valence-corrected chi connectivity index (χ1v) is 31.1. The molecular weight excluding hydrogens is 1270 g/mol. The average Bonchev–Trinajstić information content (AvgIpc) is 0.829. The third-order valence-corrected chi connectivity index (χ3v) is 15.5. The maximum atomic E-state index is 13.9. The Kier molecular flexibility index (Phi) is 29.2. The molecule has 94 heavy (non-hydrogen) atoms. The van der Waals surface area contributed by atoms with E-state index in [2.05, 4.69) is 77.4 Å². The number of guanidine groups is 1. The molecular formula is C56H69BN18O17S2. The third kappa shape index (κ3) is 25.2. The normalized spacial score (nSPS) is 13.1. The van der Waals surface area contributed by atoms with Crippen molar-refractivity contribution < 1.29 is 77.9 Å². The van der Waals surface area contributed by atoms with Gasteiger partial charge in [0.15, 0.2) is 17.1 Å². The van der Waals surface area contributed by atoms with Crippen molar-refractivity contribution in [3.63, 3.8) is 0 Å². The zero-order valence-electron chi connectivity index (χ0n) is 50.4. The van der Waals surface area contributed by atoms with Crippen molar-refractivity contribution in [2.45, 2.75) is 120 Å². The minimum atomic E-state index is -1.99. The molecule has 0 spiro atoms. The van der Waals surface area contributed by atoms with Crippen LogP contribution in [0.2, 0.25) is 0 Å². The van der Waals surface area contributed by atoms with Gasteiger partial charge in [0, 0.05) is 30.0 Å². The third-order valence-electron chi connectivity index (χ3n) is 13.2. The molecule has 7 atom stereocenters. The Balaban J connectivity index is 1.16. The summed E-state index contributed by atoms with van der Waals surface area (Å²) in [5, 5.41) is 58.9. The van der Waals surface area contributed by atoms with E-state index in [9.17, 15) is 82.7 Å². The van der Waals surface area contributed by atoms with E-state index in [0.29, 0.717) is 30.6 Å². The molecule has 0 bridgehead atoms. The first-order chi connectivity index (χ1) is 44.7. The fourth-order valence-electron chi connectivity index (χ4n) is 8.56. The van der Waals surface area contributed by atoms with E-state index >= 15 is 0 Å². The van der Waals surface area contributed by atoms with Crippen LogP contribution in [0.1, 0.15) is 96.6 Å². The number of benzene rings is 2. The molecule has 7 amide bonds. The van der Waals surface area contributed by atoms with Gasteiger partial charge in [0.2, 0.25) is 29.6 Å². The number of rotatable bonds is 39. The number of carbonyl (C=O) groups excluding carboxylic acids is 7. The number of hydrogen-bond donors (Lipinski definition) is 16. The van der Waals surface area contributed by atoms with Crippen LogP contribution < -0.4 is 65.3 Å².